The highest BCUT2D eigenvalue weighted by Gasteiger charge is 2.17. The Morgan fingerprint density at radius 2 is 1.80 bits per heavy atom. The van der Waals surface area contributed by atoms with Gasteiger partial charge in [-0.15, -0.1) is 0 Å². The van der Waals surface area contributed by atoms with Crippen LogP contribution < -0.4 is 25.7 Å². The number of pyridine rings is 1. The summed E-state index contributed by atoms with van der Waals surface area (Å²) >= 11 is 0. The third kappa shape index (κ3) is 5.68. The van der Waals surface area contributed by atoms with E-state index < -0.39 is 17.4 Å². The predicted octanol–water partition coefficient (Wildman–Crippen LogP) is 2.92. The number of hydrogen-bond acceptors (Lipinski definition) is 6. The van der Waals surface area contributed by atoms with Crippen molar-refractivity contribution in [3.8, 4) is 17.6 Å². The average Bonchev–Trinajstić information content (AvgIpc) is 2.85. The first kappa shape index (κ1) is 25.1. The fraction of sp³-hybridized carbons (Fsp3) is 0.231. The maximum atomic E-state index is 12.9. The first-order valence-electron chi connectivity index (χ1n) is 10.8. The van der Waals surface area contributed by atoms with Crippen LogP contribution in [0, 0.1) is 25.2 Å². The molecule has 0 bridgehead atoms. The van der Waals surface area contributed by atoms with Gasteiger partial charge in [0.2, 0.25) is 5.91 Å². The number of carbonyl (C=O) groups excluding carboxylic acids is 2. The lowest BCUT2D eigenvalue weighted by Gasteiger charge is -2.15. The number of rotatable bonds is 8. The standard InChI is InChI=1S/C26H26N4O5/c1-16-11-17(2)30(26(33)21(16)13-27)15-24(31)29-22-8-6-5-7-20(22)25(32)28-14-18-12-19(34-3)9-10-23(18)35-4/h5-12H,14-15H2,1-4H3,(H,28,32)(H,29,31). The Morgan fingerprint density at radius 3 is 2.49 bits per heavy atom. The van der Waals surface area contributed by atoms with Crippen LogP contribution >= 0.6 is 0 Å². The Morgan fingerprint density at radius 1 is 1.06 bits per heavy atom. The summed E-state index contributed by atoms with van der Waals surface area (Å²) in [7, 11) is 3.09. The lowest BCUT2D eigenvalue weighted by Crippen LogP contribution is -2.32. The van der Waals surface area contributed by atoms with Crippen molar-refractivity contribution < 1.29 is 19.1 Å². The van der Waals surface area contributed by atoms with Crippen LogP contribution in [0.1, 0.15) is 32.7 Å². The molecule has 180 valence electrons. The molecule has 35 heavy (non-hydrogen) atoms. The van der Waals surface area contributed by atoms with Gasteiger partial charge in [-0.2, -0.15) is 5.26 Å². The van der Waals surface area contributed by atoms with Crippen molar-refractivity contribution >= 4 is 17.5 Å². The van der Waals surface area contributed by atoms with E-state index in [9.17, 15) is 19.6 Å². The van der Waals surface area contributed by atoms with E-state index in [1.165, 1.54) is 4.57 Å². The number of carbonyl (C=O) groups is 2. The van der Waals surface area contributed by atoms with E-state index in [0.717, 1.165) is 5.56 Å². The van der Waals surface area contributed by atoms with E-state index in [1.54, 1.807) is 76.6 Å². The van der Waals surface area contributed by atoms with E-state index in [4.69, 9.17) is 9.47 Å². The highest BCUT2D eigenvalue weighted by atomic mass is 16.5. The van der Waals surface area contributed by atoms with Gasteiger partial charge in [0.1, 0.15) is 29.7 Å². The molecule has 0 aliphatic heterocycles. The second-order valence-corrected chi connectivity index (χ2v) is 7.80. The maximum Gasteiger partial charge on any atom is 0.269 e. The molecule has 0 radical (unpaired) electrons. The van der Waals surface area contributed by atoms with E-state index in [1.807, 2.05) is 6.07 Å². The molecule has 1 heterocycles. The van der Waals surface area contributed by atoms with Gasteiger partial charge < -0.3 is 24.7 Å². The molecule has 2 amide bonds. The van der Waals surface area contributed by atoms with Crippen molar-refractivity contribution in [2.24, 2.45) is 0 Å². The Labute approximate surface area is 202 Å². The summed E-state index contributed by atoms with van der Waals surface area (Å²) in [6.07, 6.45) is 0. The quantitative estimate of drug-likeness (QED) is 0.518. The molecule has 0 aliphatic carbocycles. The highest BCUT2D eigenvalue weighted by molar-refractivity contribution is 6.03. The predicted molar refractivity (Wildman–Crippen MR) is 131 cm³/mol. The number of ether oxygens (including phenoxy) is 2. The minimum atomic E-state index is -0.529. The third-order valence-electron chi connectivity index (χ3n) is 5.49. The molecule has 0 saturated carbocycles. The summed E-state index contributed by atoms with van der Waals surface area (Å²) in [5.74, 6) is 0.325. The molecule has 3 rings (SSSR count). The lowest BCUT2D eigenvalue weighted by atomic mass is 10.1. The molecular weight excluding hydrogens is 448 g/mol. The second-order valence-electron chi connectivity index (χ2n) is 7.80. The number of aryl methyl sites for hydroxylation is 2. The summed E-state index contributed by atoms with van der Waals surface area (Å²) in [4.78, 5) is 38.3. The topological polar surface area (TPSA) is 122 Å². The number of para-hydroxylation sites is 1. The molecule has 0 atom stereocenters. The van der Waals surface area contributed by atoms with E-state index >= 15 is 0 Å². The van der Waals surface area contributed by atoms with Crippen LogP contribution in [0.25, 0.3) is 0 Å². The summed E-state index contributed by atoms with van der Waals surface area (Å²) in [6.45, 7) is 3.25. The zero-order valence-corrected chi connectivity index (χ0v) is 20.0. The van der Waals surface area contributed by atoms with Crippen molar-refractivity contribution in [1.82, 2.24) is 9.88 Å². The minimum Gasteiger partial charge on any atom is -0.497 e. The van der Waals surface area contributed by atoms with Crippen LogP contribution in [0.5, 0.6) is 11.5 Å². The number of nitrogens with one attached hydrogen (secondary N) is 2. The highest BCUT2D eigenvalue weighted by Crippen LogP contribution is 2.24. The molecule has 3 aromatic rings. The molecular formula is C26H26N4O5. The maximum absolute atomic E-state index is 12.9. The molecule has 9 heteroatoms. The van der Waals surface area contributed by atoms with Crippen LogP contribution in [0.15, 0.2) is 53.3 Å². The van der Waals surface area contributed by atoms with Crippen molar-refractivity contribution in [2.75, 3.05) is 19.5 Å². The molecule has 2 aromatic carbocycles. The Kier molecular flexibility index (Phi) is 7.89. The van der Waals surface area contributed by atoms with E-state index in [0.29, 0.717) is 28.4 Å². The number of benzene rings is 2. The molecule has 2 N–H and O–H groups in total. The zero-order chi connectivity index (χ0) is 25.5. The van der Waals surface area contributed by atoms with E-state index in [-0.39, 0.29) is 24.2 Å². The van der Waals surface area contributed by atoms with Crippen molar-refractivity contribution in [2.45, 2.75) is 26.9 Å². The fourth-order valence-corrected chi connectivity index (χ4v) is 3.67. The van der Waals surface area contributed by atoms with Crippen LogP contribution in [0.4, 0.5) is 5.69 Å². The second kappa shape index (κ2) is 11.0. The monoisotopic (exact) mass is 474 g/mol. The van der Waals surface area contributed by atoms with Crippen molar-refractivity contribution in [3.05, 3.63) is 86.8 Å². The number of methoxy groups -OCH3 is 2. The molecule has 0 aliphatic rings. The number of nitriles is 1. The van der Waals surface area contributed by atoms with Gasteiger partial charge in [0.05, 0.1) is 25.5 Å². The van der Waals surface area contributed by atoms with Crippen LogP contribution in [-0.2, 0) is 17.9 Å². The Balaban J connectivity index is 1.77. The minimum absolute atomic E-state index is 0.00357. The van der Waals surface area contributed by atoms with Crippen molar-refractivity contribution in [1.29, 1.82) is 5.26 Å². The number of nitrogens with zero attached hydrogens (tertiary/aromatic N) is 2. The van der Waals surface area contributed by atoms with Crippen LogP contribution in [0.2, 0.25) is 0 Å². The normalized spacial score (nSPS) is 10.3. The van der Waals surface area contributed by atoms with Gasteiger partial charge in [0.25, 0.3) is 11.5 Å². The van der Waals surface area contributed by atoms with Gasteiger partial charge in [0.15, 0.2) is 0 Å². The Bertz CT molecular complexity index is 1370. The lowest BCUT2D eigenvalue weighted by molar-refractivity contribution is -0.116. The first-order chi connectivity index (χ1) is 16.8. The smallest absolute Gasteiger partial charge is 0.269 e. The summed E-state index contributed by atoms with van der Waals surface area (Å²) in [6, 6.07) is 15.4. The number of hydrogen-bond donors (Lipinski definition) is 2. The largest absolute Gasteiger partial charge is 0.497 e. The third-order valence-corrected chi connectivity index (χ3v) is 5.49. The molecule has 0 unspecified atom stereocenters. The van der Waals surface area contributed by atoms with Gasteiger partial charge >= 0.3 is 0 Å². The molecule has 0 spiro atoms. The van der Waals surface area contributed by atoms with Gasteiger partial charge in [-0.05, 0) is 55.8 Å². The fourth-order valence-electron chi connectivity index (χ4n) is 3.67. The molecule has 9 nitrogen and oxygen atoms in total. The van der Waals surface area contributed by atoms with Gasteiger partial charge in [-0.25, -0.2) is 0 Å². The number of amides is 2. The van der Waals surface area contributed by atoms with Gasteiger partial charge in [-0.3, -0.25) is 14.4 Å². The average molecular weight is 475 g/mol. The van der Waals surface area contributed by atoms with Crippen LogP contribution in [-0.4, -0.2) is 30.6 Å². The van der Waals surface area contributed by atoms with Gasteiger partial charge in [0, 0.05) is 17.8 Å². The summed E-state index contributed by atoms with van der Waals surface area (Å²) in [5, 5.41) is 14.8. The summed E-state index contributed by atoms with van der Waals surface area (Å²) < 4.78 is 11.8. The number of aromatic nitrogens is 1. The molecule has 0 fully saturated rings. The molecule has 0 saturated heterocycles. The van der Waals surface area contributed by atoms with Gasteiger partial charge in [-0.1, -0.05) is 12.1 Å². The van der Waals surface area contributed by atoms with Crippen LogP contribution in [0.3, 0.4) is 0 Å². The van der Waals surface area contributed by atoms with Crippen molar-refractivity contribution in [3.63, 3.8) is 0 Å². The SMILES string of the molecule is COc1ccc(OC)c(CNC(=O)c2ccccc2NC(=O)Cn2c(C)cc(C)c(C#N)c2=O)c1. The Hall–Kier alpha value is -4.58. The summed E-state index contributed by atoms with van der Waals surface area (Å²) in [5.41, 5.74) is 1.86. The first-order valence-corrected chi connectivity index (χ1v) is 10.8. The zero-order valence-electron chi connectivity index (χ0n) is 20.0. The van der Waals surface area contributed by atoms with E-state index in [2.05, 4.69) is 10.6 Å². The number of anilines is 1. The molecule has 1 aromatic heterocycles.